The molecule has 0 bridgehead atoms. The minimum Gasteiger partial charge on any atom is -0.642 e. The molecule has 3 N–H and O–H groups in total. The van der Waals surface area contributed by atoms with Crippen LogP contribution in [0.15, 0.2) is 0 Å². The third-order valence-corrected chi connectivity index (χ3v) is 3.65. The Bertz CT molecular complexity index is 555. The van der Waals surface area contributed by atoms with E-state index in [1.165, 1.54) is 0 Å². The quantitative estimate of drug-likeness (QED) is 0.438. The van der Waals surface area contributed by atoms with Crippen molar-refractivity contribution < 1.29 is 91.0 Å². The summed E-state index contributed by atoms with van der Waals surface area (Å²) in [6.07, 6.45) is 1.97. The summed E-state index contributed by atoms with van der Waals surface area (Å²) >= 11 is 0. The number of nitrogens with zero attached hydrogens (tertiary/aromatic N) is 3. The second-order valence-corrected chi connectivity index (χ2v) is 5.75. The molecule has 28 heavy (non-hydrogen) atoms. The van der Waals surface area contributed by atoms with Gasteiger partial charge in [-0.25, -0.2) is 0 Å². The largest absolute Gasteiger partial charge is 3.00 e. The van der Waals surface area contributed by atoms with Gasteiger partial charge >= 0.3 is 46.9 Å². The molecule has 3 aliphatic rings. The number of carboxylic acids is 3. The molecule has 3 aliphatic heterocycles. The molecule has 0 aromatic carbocycles. The maximum absolute atomic E-state index is 10.3. The van der Waals surface area contributed by atoms with Gasteiger partial charge in [0.15, 0.2) is 0 Å². The van der Waals surface area contributed by atoms with Gasteiger partial charge in [0, 0.05) is 0 Å². The molecule has 3 heterocycles. The van der Waals surface area contributed by atoms with Crippen molar-refractivity contribution in [3.63, 3.8) is 0 Å². The van der Waals surface area contributed by atoms with Gasteiger partial charge < -0.3 is 45.7 Å². The van der Waals surface area contributed by atoms with Gasteiger partial charge in [-0.05, 0) is 37.4 Å². The number of aliphatic carboxylic acids is 3. The summed E-state index contributed by atoms with van der Waals surface area (Å²) in [6.45, 7) is 0. The molecule has 12 nitrogen and oxygen atoms in total. The van der Waals surface area contributed by atoms with Gasteiger partial charge in [0.2, 0.25) is 0 Å². The van der Waals surface area contributed by atoms with E-state index in [9.17, 15) is 28.8 Å². The van der Waals surface area contributed by atoms with Gasteiger partial charge in [0.25, 0.3) is 17.9 Å². The van der Waals surface area contributed by atoms with E-state index in [2.05, 4.69) is 16.0 Å². The number of amides is 3. The van der Waals surface area contributed by atoms with Crippen molar-refractivity contribution in [3.05, 3.63) is 16.0 Å². The maximum atomic E-state index is 10.3. The number of carbonyl (C=O) groups excluding carboxylic acids is 3. The summed E-state index contributed by atoms with van der Waals surface area (Å²) in [6, 6.07) is -2.30. The summed E-state index contributed by atoms with van der Waals surface area (Å²) < 4.78 is 0. The van der Waals surface area contributed by atoms with E-state index in [0.29, 0.717) is 19.3 Å². The Hall–Kier alpha value is -1.66. The van der Waals surface area contributed by atoms with Crippen LogP contribution in [0, 0.1) is 46.9 Å². The van der Waals surface area contributed by atoms with Crippen molar-refractivity contribution in [2.75, 3.05) is 0 Å². The maximum Gasteiger partial charge on any atom is 3.00 e. The van der Waals surface area contributed by atoms with E-state index in [1.807, 2.05) is 0 Å². The van der Waals surface area contributed by atoms with Crippen molar-refractivity contribution in [2.45, 2.75) is 56.7 Å². The molecule has 1 radical (unpaired) electrons. The minimum absolute atomic E-state index is 0. The predicted molar refractivity (Wildman–Crippen MR) is 87.1 cm³/mol. The summed E-state index contributed by atoms with van der Waals surface area (Å²) in [5.41, 5.74) is 0. The van der Waals surface area contributed by atoms with Gasteiger partial charge in [-0.15, -0.1) is 0 Å². The summed E-state index contributed by atoms with van der Waals surface area (Å²) in [7, 11) is 0. The van der Waals surface area contributed by atoms with Crippen LogP contribution in [0.4, 0.5) is 0 Å². The number of carboxylic acid groups (broad SMARTS) is 3. The fraction of sp³-hybridized carbons (Fsp3) is 0.600. The predicted octanol–water partition coefficient (Wildman–Crippen LogP) is 0.401. The molecule has 3 unspecified atom stereocenters. The average Bonchev–Trinajstić information content (AvgIpc) is 3.30. The monoisotopic (exact) mass is 558 g/mol. The van der Waals surface area contributed by atoms with Gasteiger partial charge in [-0.1, -0.05) is 19.3 Å². The van der Waals surface area contributed by atoms with Crippen LogP contribution in [0.5, 0.6) is 0 Å². The molecule has 161 valence electrons. The zero-order valence-corrected chi connectivity index (χ0v) is 16.1. The number of hydrogen-bond acceptors (Lipinski definition) is 6. The van der Waals surface area contributed by atoms with Crippen LogP contribution < -0.4 is 0 Å². The first-order chi connectivity index (χ1) is 12.6. The second-order valence-electron chi connectivity index (χ2n) is 5.75. The molecule has 0 spiro atoms. The van der Waals surface area contributed by atoms with Crippen LogP contribution in [0.3, 0.4) is 0 Å². The van der Waals surface area contributed by atoms with E-state index in [-0.39, 0.29) is 83.9 Å². The van der Waals surface area contributed by atoms with Crippen LogP contribution in [0.2, 0.25) is 0 Å². The Morgan fingerprint density at radius 3 is 0.893 bits per heavy atom. The van der Waals surface area contributed by atoms with E-state index < -0.39 is 36.0 Å². The molecule has 3 amide bonds. The molecule has 3 saturated heterocycles. The summed E-state index contributed by atoms with van der Waals surface area (Å²) in [5.74, 6) is -3.87. The van der Waals surface area contributed by atoms with Crippen molar-refractivity contribution >= 4 is 35.6 Å². The van der Waals surface area contributed by atoms with Gasteiger partial charge in [0.05, 0.1) is 17.7 Å². The zero-order valence-electron chi connectivity index (χ0n) is 14.4. The van der Waals surface area contributed by atoms with Crippen LogP contribution in [-0.4, -0.2) is 69.1 Å². The molecule has 0 aromatic rings. The molecule has 3 fully saturated rings. The van der Waals surface area contributed by atoms with Crippen LogP contribution in [0.1, 0.15) is 38.5 Å². The van der Waals surface area contributed by atoms with Crippen molar-refractivity contribution in [2.24, 2.45) is 0 Å². The Morgan fingerprint density at radius 1 is 0.607 bits per heavy atom. The van der Waals surface area contributed by atoms with E-state index in [4.69, 9.17) is 15.3 Å². The summed E-state index contributed by atoms with van der Waals surface area (Å²) in [5, 5.41) is 34.9. The Morgan fingerprint density at radius 2 is 0.821 bits per heavy atom. The van der Waals surface area contributed by atoms with Gasteiger partial charge in [-0.3, -0.25) is 14.4 Å². The number of hydrogen-bond donors (Lipinski definition) is 3. The smallest absolute Gasteiger partial charge is 0.642 e. The van der Waals surface area contributed by atoms with E-state index in [1.54, 1.807) is 0 Å². The molecule has 3 atom stereocenters. The van der Waals surface area contributed by atoms with Crippen LogP contribution in [0.25, 0.3) is 16.0 Å². The molecule has 13 heteroatoms. The first-order valence-corrected chi connectivity index (χ1v) is 7.99. The molecular weight excluding hydrogens is 539 g/mol. The molecule has 3 rings (SSSR count). The zero-order chi connectivity index (χ0) is 20.6. The van der Waals surface area contributed by atoms with Crippen molar-refractivity contribution in [3.8, 4) is 0 Å². The number of rotatable bonds is 3. The third kappa shape index (κ3) is 9.51. The molecule has 0 saturated carbocycles. The van der Waals surface area contributed by atoms with E-state index >= 15 is 0 Å². The minimum atomic E-state index is -0.999. The molecule has 0 aliphatic carbocycles. The summed E-state index contributed by atoms with van der Waals surface area (Å²) in [4.78, 5) is 61.3. The second kappa shape index (κ2) is 12.7. The van der Waals surface area contributed by atoms with Crippen LogP contribution in [-0.2, 0) is 28.8 Å². The Balaban J connectivity index is 0.000000384. The Kier molecular flexibility index (Phi) is 12.0. The van der Waals surface area contributed by atoms with E-state index in [0.717, 1.165) is 0 Å². The molecular formula is C15H18N3O9Yb. The third-order valence-electron chi connectivity index (χ3n) is 3.65. The fourth-order valence-corrected chi connectivity index (χ4v) is 2.23. The first-order valence-electron chi connectivity index (χ1n) is 7.99. The van der Waals surface area contributed by atoms with Gasteiger partial charge in [-0.2, -0.15) is 0 Å². The normalized spacial score (nSPS) is 24.9. The fourth-order valence-electron chi connectivity index (χ4n) is 2.23. The van der Waals surface area contributed by atoms with Crippen molar-refractivity contribution in [1.29, 1.82) is 0 Å². The average molecular weight is 557 g/mol. The van der Waals surface area contributed by atoms with Gasteiger partial charge in [0.1, 0.15) is 0 Å². The first kappa shape index (κ1) is 26.3. The topological polar surface area (TPSA) is 205 Å². The SMILES string of the molecule is O=C1CCC(C(=O)O)[N-]1.O=C1CCC(C(=O)O)[N-]1.O=C1CCC(C(=O)O)[N-]1.[Yb+3]. The molecule has 0 aromatic heterocycles. The Labute approximate surface area is 198 Å². The van der Waals surface area contributed by atoms with Crippen molar-refractivity contribution in [1.82, 2.24) is 0 Å². The number of carbonyl (C=O) groups is 6. The standard InChI is InChI=1S/3C5H7NO3.Yb/c3*7-4-2-1-3(6-4)5(8)9;/h3*3H,1-2H2,(H2,6,7,8,9);/q;;;+3/p-3. The van der Waals surface area contributed by atoms with Crippen LogP contribution >= 0.6 is 0 Å².